The SMILES string of the molecule is CN(Cc1cncn1C)C(c1ccccc1)(c1ccccc1)c1ccccc1. The number of aromatic nitrogens is 2. The van der Waals surface area contributed by atoms with Crippen LogP contribution in [0.3, 0.4) is 0 Å². The fourth-order valence-corrected chi connectivity index (χ4v) is 4.10. The number of rotatable bonds is 6. The maximum Gasteiger partial charge on any atom is 0.0973 e. The van der Waals surface area contributed by atoms with E-state index >= 15 is 0 Å². The summed E-state index contributed by atoms with van der Waals surface area (Å²) in [7, 11) is 4.24. The Morgan fingerprint density at radius 2 is 1.18 bits per heavy atom. The van der Waals surface area contributed by atoms with Crippen LogP contribution in [0.2, 0.25) is 0 Å². The molecule has 3 nitrogen and oxygen atoms in total. The van der Waals surface area contributed by atoms with Gasteiger partial charge in [-0.1, -0.05) is 91.0 Å². The highest BCUT2D eigenvalue weighted by Crippen LogP contribution is 2.42. The van der Waals surface area contributed by atoms with Crippen molar-refractivity contribution in [1.29, 1.82) is 0 Å². The van der Waals surface area contributed by atoms with Crippen molar-refractivity contribution in [2.24, 2.45) is 7.05 Å². The van der Waals surface area contributed by atoms with Gasteiger partial charge in [0.1, 0.15) is 0 Å². The van der Waals surface area contributed by atoms with Gasteiger partial charge in [-0.2, -0.15) is 0 Å². The molecule has 0 amide bonds. The summed E-state index contributed by atoms with van der Waals surface area (Å²) >= 11 is 0. The first-order valence-electron chi connectivity index (χ1n) is 9.56. The van der Waals surface area contributed by atoms with Crippen LogP contribution in [0.15, 0.2) is 104 Å². The maximum atomic E-state index is 4.31. The Kier molecular flexibility index (Phi) is 5.09. The fraction of sp³-hybridized carbons (Fsp3) is 0.160. The highest BCUT2D eigenvalue weighted by atomic mass is 15.2. The quantitative estimate of drug-likeness (QED) is 0.455. The molecule has 0 spiro atoms. The second kappa shape index (κ2) is 7.83. The summed E-state index contributed by atoms with van der Waals surface area (Å²) in [5, 5.41) is 0. The average molecular weight is 367 g/mol. The number of hydrogen-bond acceptors (Lipinski definition) is 2. The van der Waals surface area contributed by atoms with Crippen LogP contribution in [-0.2, 0) is 19.1 Å². The van der Waals surface area contributed by atoms with Crippen LogP contribution in [0.4, 0.5) is 0 Å². The van der Waals surface area contributed by atoms with E-state index in [1.54, 1.807) is 0 Å². The largest absolute Gasteiger partial charge is 0.337 e. The summed E-state index contributed by atoms with van der Waals surface area (Å²) < 4.78 is 2.09. The average Bonchev–Trinajstić information content (AvgIpc) is 3.15. The number of benzene rings is 3. The molecule has 4 aromatic rings. The Hall–Kier alpha value is -3.17. The molecule has 0 aliphatic carbocycles. The molecule has 1 heterocycles. The Bertz CT molecular complexity index is 911. The Morgan fingerprint density at radius 1 is 0.750 bits per heavy atom. The molecule has 4 rings (SSSR count). The van der Waals surface area contributed by atoms with Gasteiger partial charge in [-0.25, -0.2) is 4.98 Å². The van der Waals surface area contributed by atoms with Crippen LogP contribution >= 0.6 is 0 Å². The molecule has 1 aromatic heterocycles. The standard InChI is InChI=1S/C25H25N3/c1-27-20-26-18-24(27)19-28(2)25(21-12-6-3-7-13-21,22-14-8-4-9-15-22)23-16-10-5-11-17-23/h3-18,20H,19H2,1-2H3. The van der Waals surface area contributed by atoms with Gasteiger partial charge in [0.25, 0.3) is 0 Å². The van der Waals surface area contributed by atoms with Gasteiger partial charge in [0.2, 0.25) is 0 Å². The van der Waals surface area contributed by atoms with Crippen LogP contribution in [0, 0.1) is 0 Å². The predicted molar refractivity (Wildman–Crippen MR) is 114 cm³/mol. The molecule has 0 saturated heterocycles. The minimum Gasteiger partial charge on any atom is -0.337 e. The third-order valence-corrected chi connectivity index (χ3v) is 5.46. The lowest BCUT2D eigenvalue weighted by molar-refractivity contribution is 0.186. The van der Waals surface area contributed by atoms with E-state index in [0.29, 0.717) is 0 Å². The van der Waals surface area contributed by atoms with Gasteiger partial charge in [-0.05, 0) is 23.7 Å². The summed E-state index contributed by atoms with van der Waals surface area (Å²) in [5.74, 6) is 0. The molecule has 0 unspecified atom stereocenters. The molecule has 0 aliphatic rings. The monoisotopic (exact) mass is 367 g/mol. The van der Waals surface area contributed by atoms with Crippen LogP contribution in [0.25, 0.3) is 0 Å². The minimum atomic E-state index is -0.409. The highest BCUT2D eigenvalue weighted by Gasteiger charge is 2.40. The number of hydrogen-bond donors (Lipinski definition) is 0. The molecule has 140 valence electrons. The summed E-state index contributed by atoms with van der Waals surface area (Å²) in [4.78, 5) is 6.73. The van der Waals surface area contributed by atoms with Crippen LogP contribution in [0.1, 0.15) is 22.4 Å². The lowest BCUT2D eigenvalue weighted by atomic mass is 9.75. The van der Waals surface area contributed by atoms with Gasteiger partial charge in [0, 0.05) is 19.8 Å². The van der Waals surface area contributed by atoms with E-state index in [4.69, 9.17) is 0 Å². The van der Waals surface area contributed by atoms with Gasteiger partial charge < -0.3 is 4.57 Å². The molecule has 0 fully saturated rings. The molecule has 3 aromatic carbocycles. The predicted octanol–water partition coefficient (Wildman–Crippen LogP) is 4.84. The Balaban J connectivity index is 1.97. The number of imidazole rings is 1. The number of nitrogens with zero attached hydrogens (tertiary/aromatic N) is 3. The van der Waals surface area contributed by atoms with Crippen molar-refractivity contribution < 1.29 is 0 Å². The zero-order chi connectivity index (χ0) is 19.4. The van der Waals surface area contributed by atoms with Crippen molar-refractivity contribution in [2.75, 3.05) is 7.05 Å². The van der Waals surface area contributed by atoms with Gasteiger partial charge in [-0.3, -0.25) is 4.90 Å². The Labute approximate surface area is 166 Å². The normalized spacial score (nSPS) is 11.7. The zero-order valence-corrected chi connectivity index (χ0v) is 16.4. The van der Waals surface area contributed by atoms with E-state index in [2.05, 4.69) is 112 Å². The second-order valence-corrected chi connectivity index (χ2v) is 7.16. The molecule has 3 heteroatoms. The van der Waals surface area contributed by atoms with Gasteiger partial charge in [0.15, 0.2) is 0 Å². The van der Waals surface area contributed by atoms with Crippen molar-refractivity contribution in [2.45, 2.75) is 12.1 Å². The number of aryl methyl sites for hydroxylation is 1. The lowest BCUT2D eigenvalue weighted by Gasteiger charge is -2.43. The first-order valence-corrected chi connectivity index (χ1v) is 9.56. The molecule has 0 bridgehead atoms. The van der Waals surface area contributed by atoms with E-state index < -0.39 is 5.54 Å². The first kappa shape index (κ1) is 18.2. The maximum absolute atomic E-state index is 4.31. The smallest absolute Gasteiger partial charge is 0.0973 e. The molecule has 0 saturated carbocycles. The van der Waals surface area contributed by atoms with Gasteiger partial charge in [-0.15, -0.1) is 0 Å². The van der Waals surface area contributed by atoms with Crippen molar-refractivity contribution in [3.63, 3.8) is 0 Å². The highest BCUT2D eigenvalue weighted by molar-refractivity contribution is 5.49. The van der Waals surface area contributed by atoms with E-state index in [9.17, 15) is 0 Å². The van der Waals surface area contributed by atoms with Crippen molar-refractivity contribution in [3.05, 3.63) is 126 Å². The van der Waals surface area contributed by atoms with Crippen molar-refractivity contribution in [1.82, 2.24) is 14.5 Å². The summed E-state index contributed by atoms with van der Waals surface area (Å²) in [6.45, 7) is 0.773. The zero-order valence-electron chi connectivity index (χ0n) is 16.4. The van der Waals surface area contributed by atoms with Gasteiger partial charge >= 0.3 is 0 Å². The summed E-state index contributed by atoms with van der Waals surface area (Å²) in [6, 6.07) is 32.3. The van der Waals surface area contributed by atoms with E-state index in [1.807, 2.05) is 19.6 Å². The summed E-state index contributed by atoms with van der Waals surface area (Å²) in [6.07, 6.45) is 3.81. The van der Waals surface area contributed by atoms with E-state index in [0.717, 1.165) is 6.54 Å². The molecule has 0 atom stereocenters. The van der Waals surface area contributed by atoms with E-state index in [1.165, 1.54) is 22.4 Å². The first-order chi connectivity index (χ1) is 13.7. The minimum absolute atomic E-state index is 0.409. The summed E-state index contributed by atoms with van der Waals surface area (Å²) in [5.41, 5.74) is 4.51. The van der Waals surface area contributed by atoms with Gasteiger partial charge in [0.05, 0.1) is 17.6 Å². The van der Waals surface area contributed by atoms with Crippen molar-refractivity contribution in [3.8, 4) is 0 Å². The molecule has 0 N–H and O–H groups in total. The molecular formula is C25H25N3. The molecule has 0 aliphatic heterocycles. The Morgan fingerprint density at radius 3 is 1.54 bits per heavy atom. The second-order valence-electron chi connectivity index (χ2n) is 7.16. The van der Waals surface area contributed by atoms with E-state index in [-0.39, 0.29) is 0 Å². The third-order valence-electron chi connectivity index (χ3n) is 5.46. The third kappa shape index (κ3) is 3.14. The topological polar surface area (TPSA) is 21.1 Å². The molecular weight excluding hydrogens is 342 g/mol. The van der Waals surface area contributed by atoms with Crippen molar-refractivity contribution >= 4 is 0 Å². The fourth-order valence-electron chi connectivity index (χ4n) is 4.10. The molecule has 28 heavy (non-hydrogen) atoms. The van der Waals surface area contributed by atoms with Crippen LogP contribution < -0.4 is 0 Å². The molecule has 0 radical (unpaired) electrons. The lowest BCUT2D eigenvalue weighted by Crippen LogP contribution is -2.45. The van der Waals surface area contributed by atoms with Crippen LogP contribution in [0.5, 0.6) is 0 Å². The van der Waals surface area contributed by atoms with Crippen LogP contribution in [-0.4, -0.2) is 21.5 Å².